The van der Waals surface area contributed by atoms with E-state index in [1.54, 1.807) is 0 Å². The van der Waals surface area contributed by atoms with Crippen LogP contribution >= 0.6 is 0 Å². The summed E-state index contributed by atoms with van der Waals surface area (Å²) in [6, 6.07) is 0.698. The molecule has 1 aromatic rings. The molecule has 0 amide bonds. The number of rotatable bonds is 4. The van der Waals surface area contributed by atoms with Gasteiger partial charge in [0.1, 0.15) is 0 Å². The Bertz CT molecular complexity index is 395. The topological polar surface area (TPSA) is 29.9 Å². The van der Waals surface area contributed by atoms with E-state index in [4.69, 9.17) is 0 Å². The lowest BCUT2D eigenvalue weighted by atomic mass is 9.89. The highest BCUT2D eigenvalue weighted by Crippen LogP contribution is 2.28. The second-order valence-electron chi connectivity index (χ2n) is 6.47. The highest BCUT2D eigenvalue weighted by molar-refractivity contribution is 5.15. The SMILES string of the molecule is Cc1c(CNC2CCCC(C(C)C)CC2)cnn1C. The van der Waals surface area contributed by atoms with Crippen LogP contribution in [0, 0.1) is 18.8 Å². The minimum Gasteiger partial charge on any atom is -0.310 e. The molecule has 3 heteroatoms. The molecule has 0 aromatic carbocycles. The van der Waals surface area contributed by atoms with Gasteiger partial charge in [0.2, 0.25) is 0 Å². The van der Waals surface area contributed by atoms with E-state index in [-0.39, 0.29) is 0 Å². The molecular weight excluding hydrogens is 234 g/mol. The Balaban J connectivity index is 1.82. The Kier molecular flexibility index (Phi) is 5.03. The van der Waals surface area contributed by atoms with Crippen molar-refractivity contribution in [1.29, 1.82) is 0 Å². The van der Waals surface area contributed by atoms with Crippen molar-refractivity contribution in [2.24, 2.45) is 18.9 Å². The lowest BCUT2D eigenvalue weighted by Gasteiger charge is -2.19. The maximum absolute atomic E-state index is 4.31. The molecular formula is C16H29N3. The molecule has 0 saturated heterocycles. The minimum absolute atomic E-state index is 0.698. The van der Waals surface area contributed by atoms with E-state index in [1.807, 2.05) is 17.9 Å². The van der Waals surface area contributed by atoms with Gasteiger partial charge < -0.3 is 5.32 Å². The zero-order valence-corrected chi connectivity index (χ0v) is 12.9. The smallest absolute Gasteiger partial charge is 0.0537 e. The molecule has 1 heterocycles. The van der Waals surface area contributed by atoms with Crippen LogP contribution in [0.2, 0.25) is 0 Å². The van der Waals surface area contributed by atoms with Crippen molar-refractivity contribution in [3.63, 3.8) is 0 Å². The van der Waals surface area contributed by atoms with Gasteiger partial charge in [-0.3, -0.25) is 4.68 Å². The third kappa shape index (κ3) is 3.82. The summed E-state index contributed by atoms with van der Waals surface area (Å²) in [5.74, 6) is 1.78. The first-order valence-electron chi connectivity index (χ1n) is 7.78. The monoisotopic (exact) mass is 263 g/mol. The molecule has 2 atom stereocenters. The van der Waals surface area contributed by atoms with Gasteiger partial charge in [-0.05, 0) is 38.0 Å². The maximum atomic E-state index is 4.31. The first-order valence-corrected chi connectivity index (χ1v) is 7.78. The maximum Gasteiger partial charge on any atom is 0.0537 e. The van der Waals surface area contributed by atoms with E-state index in [1.165, 1.54) is 43.4 Å². The Morgan fingerprint density at radius 2 is 2.11 bits per heavy atom. The number of nitrogens with zero attached hydrogens (tertiary/aromatic N) is 2. The third-order valence-electron chi connectivity index (χ3n) is 4.87. The van der Waals surface area contributed by atoms with Gasteiger partial charge in [-0.2, -0.15) is 5.10 Å². The number of aromatic nitrogens is 2. The van der Waals surface area contributed by atoms with E-state index in [0.29, 0.717) is 6.04 Å². The Hall–Kier alpha value is -0.830. The summed E-state index contributed by atoms with van der Waals surface area (Å²) >= 11 is 0. The molecule has 108 valence electrons. The molecule has 19 heavy (non-hydrogen) atoms. The van der Waals surface area contributed by atoms with Gasteiger partial charge in [-0.1, -0.05) is 26.7 Å². The number of aryl methyl sites for hydroxylation is 1. The van der Waals surface area contributed by atoms with E-state index in [9.17, 15) is 0 Å². The highest BCUT2D eigenvalue weighted by Gasteiger charge is 2.20. The van der Waals surface area contributed by atoms with Crippen molar-refractivity contribution < 1.29 is 0 Å². The molecule has 1 aromatic heterocycles. The fourth-order valence-corrected chi connectivity index (χ4v) is 3.17. The molecule has 0 spiro atoms. The Morgan fingerprint density at radius 1 is 1.32 bits per heavy atom. The van der Waals surface area contributed by atoms with Gasteiger partial charge in [0.15, 0.2) is 0 Å². The molecule has 1 fully saturated rings. The Morgan fingerprint density at radius 3 is 2.74 bits per heavy atom. The second kappa shape index (κ2) is 6.56. The van der Waals surface area contributed by atoms with Crippen LogP contribution in [0.15, 0.2) is 6.20 Å². The number of hydrogen-bond acceptors (Lipinski definition) is 2. The average molecular weight is 263 g/mol. The summed E-state index contributed by atoms with van der Waals surface area (Å²) in [4.78, 5) is 0. The predicted octanol–water partition coefficient (Wildman–Crippen LogP) is 3.42. The van der Waals surface area contributed by atoms with Gasteiger partial charge in [-0.15, -0.1) is 0 Å². The summed E-state index contributed by atoms with van der Waals surface area (Å²) in [6.07, 6.45) is 8.86. The molecule has 1 aliphatic carbocycles. The molecule has 3 nitrogen and oxygen atoms in total. The third-order valence-corrected chi connectivity index (χ3v) is 4.87. The van der Waals surface area contributed by atoms with Crippen molar-refractivity contribution in [1.82, 2.24) is 15.1 Å². The van der Waals surface area contributed by atoms with Crippen LogP contribution < -0.4 is 5.32 Å². The summed E-state index contributed by atoms with van der Waals surface area (Å²) in [7, 11) is 2.01. The summed E-state index contributed by atoms with van der Waals surface area (Å²) < 4.78 is 1.96. The minimum atomic E-state index is 0.698. The summed E-state index contributed by atoms with van der Waals surface area (Å²) in [5, 5.41) is 8.05. The van der Waals surface area contributed by atoms with Gasteiger partial charge in [0.05, 0.1) is 6.20 Å². The van der Waals surface area contributed by atoms with Crippen molar-refractivity contribution >= 4 is 0 Å². The predicted molar refractivity (Wildman–Crippen MR) is 80.0 cm³/mol. The highest BCUT2D eigenvalue weighted by atomic mass is 15.3. The standard InChI is InChI=1S/C16H29N3/c1-12(2)14-6-5-7-16(9-8-14)17-10-15-11-18-19(4)13(15)3/h11-12,14,16-17H,5-10H2,1-4H3. The number of nitrogens with one attached hydrogen (secondary N) is 1. The van der Waals surface area contributed by atoms with Crippen molar-refractivity contribution in [2.75, 3.05) is 0 Å². The van der Waals surface area contributed by atoms with Crippen LogP contribution in [0.1, 0.15) is 57.2 Å². The summed E-state index contributed by atoms with van der Waals surface area (Å²) in [5.41, 5.74) is 2.62. The molecule has 2 unspecified atom stereocenters. The van der Waals surface area contributed by atoms with E-state index in [0.717, 1.165) is 18.4 Å². The molecule has 0 aliphatic heterocycles. The lowest BCUT2D eigenvalue weighted by molar-refractivity contribution is 0.337. The summed E-state index contributed by atoms with van der Waals surface area (Å²) in [6.45, 7) is 7.86. The zero-order valence-electron chi connectivity index (χ0n) is 12.9. The van der Waals surface area contributed by atoms with Crippen LogP contribution in [-0.4, -0.2) is 15.8 Å². The van der Waals surface area contributed by atoms with E-state index < -0.39 is 0 Å². The fourth-order valence-electron chi connectivity index (χ4n) is 3.17. The molecule has 1 aliphatic rings. The molecule has 1 N–H and O–H groups in total. The van der Waals surface area contributed by atoms with Crippen LogP contribution in [0.4, 0.5) is 0 Å². The lowest BCUT2D eigenvalue weighted by Crippen LogP contribution is -2.28. The fraction of sp³-hybridized carbons (Fsp3) is 0.812. The van der Waals surface area contributed by atoms with E-state index in [2.05, 4.69) is 31.2 Å². The average Bonchev–Trinajstić information content (AvgIpc) is 2.59. The largest absolute Gasteiger partial charge is 0.310 e. The molecule has 2 rings (SSSR count). The normalized spacial score (nSPS) is 24.7. The first-order chi connectivity index (χ1) is 9.08. The van der Waals surface area contributed by atoms with E-state index >= 15 is 0 Å². The molecule has 0 bridgehead atoms. The molecule has 1 saturated carbocycles. The van der Waals surface area contributed by atoms with Crippen LogP contribution in [-0.2, 0) is 13.6 Å². The van der Waals surface area contributed by atoms with Crippen LogP contribution in [0.3, 0.4) is 0 Å². The van der Waals surface area contributed by atoms with Gasteiger partial charge in [-0.25, -0.2) is 0 Å². The zero-order chi connectivity index (χ0) is 13.8. The quantitative estimate of drug-likeness (QED) is 0.844. The Labute approximate surface area is 117 Å². The van der Waals surface area contributed by atoms with Gasteiger partial charge in [0.25, 0.3) is 0 Å². The second-order valence-corrected chi connectivity index (χ2v) is 6.47. The van der Waals surface area contributed by atoms with Crippen molar-refractivity contribution in [3.8, 4) is 0 Å². The van der Waals surface area contributed by atoms with Gasteiger partial charge in [0, 0.05) is 30.9 Å². The van der Waals surface area contributed by atoms with Gasteiger partial charge >= 0.3 is 0 Å². The van der Waals surface area contributed by atoms with Crippen molar-refractivity contribution in [2.45, 2.75) is 65.5 Å². The van der Waals surface area contributed by atoms with Crippen LogP contribution in [0.5, 0.6) is 0 Å². The molecule has 0 radical (unpaired) electrons. The van der Waals surface area contributed by atoms with Crippen molar-refractivity contribution in [3.05, 3.63) is 17.5 Å². The first kappa shape index (κ1) is 14.6. The number of hydrogen-bond donors (Lipinski definition) is 1. The van der Waals surface area contributed by atoms with Crippen LogP contribution in [0.25, 0.3) is 0 Å².